The number of hydrogen-bond acceptors (Lipinski definition) is 7. The first-order valence-corrected chi connectivity index (χ1v) is 12.2. The summed E-state index contributed by atoms with van der Waals surface area (Å²) < 4.78 is 1.58. The van der Waals surface area contributed by atoms with Gasteiger partial charge < -0.3 is 15.7 Å². The zero-order chi connectivity index (χ0) is 24.2. The van der Waals surface area contributed by atoms with Crippen LogP contribution in [-0.4, -0.2) is 26.2 Å². The molecule has 0 spiro atoms. The highest BCUT2D eigenvalue weighted by molar-refractivity contribution is 8.23. The number of nitrogens with zero attached hydrogens (tertiary/aromatic N) is 1. The number of hydrogen-bond donors (Lipinski definition) is 4. The van der Waals surface area contributed by atoms with E-state index < -0.39 is 6.03 Å². The van der Waals surface area contributed by atoms with Crippen molar-refractivity contribution in [3.05, 3.63) is 71.8 Å². The van der Waals surface area contributed by atoms with E-state index in [1.54, 1.807) is 30.3 Å². The number of phenolic OH excluding ortho intramolecular Hbond substituents is 1. The Morgan fingerprint density at radius 2 is 1.71 bits per heavy atom. The average Bonchev–Trinajstić information content (AvgIpc) is 3.18. The smallest absolute Gasteiger partial charge is 0.325 e. The van der Waals surface area contributed by atoms with E-state index in [-0.39, 0.29) is 11.7 Å². The van der Waals surface area contributed by atoms with E-state index >= 15 is 0 Å². The number of aryl methyl sites for hydroxylation is 1. The van der Waals surface area contributed by atoms with Crippen molar-refractivity contribution >= 4 is 78.2 Å². The molecule has 34 heavy (non-hydrogen) atoms. The third-order valence-corrected chi connectivity index (χ3v) is 6.83. The van der Waals surface area contributed by atoms with Gasteiger partial charge in [0, 0.05) is 26.0 Å². The fourth-order valence-electron chi connectivity index (χ4n) is 3.07. The van der Waals surface area contributed by atoms with Crippen molar-refractivity contribution in [2.75, 3.05) is 16.0 Å². The van der Waals surface area contributed by atoms with E-state index in [4.69, 9.17) is 12.2 Å². The molecule has 0 aliphatic rings. The van der Waals surface area contributed by atoms with E-state index in [2.05, 4.69) is 20.9 Å². The number of urea groups is 1. The molecule has 4 aromatic rings. The number of aromatic nitrogens is 1. The van der Waals surface area contributed by atoms with Gasteiger partial charge in [-0.1, -0.05) is 41.4 Å². The van der Waals surface area contributed by atoms with Crippen LogP contribution < -0.4 is 16.0 Å². The number of amides is 3. The van der Waals surface area contributed by atoms with Gasteiger partial charge in [-0.3, -0.25) is 10.1 Å². The lowest BCUT2D eigenvalue weighted by atomic mass is 10.2. The third kappa shape index (κ3) is 5.90. The quantitative estimate of drug-likeness (QED) is 0.137. The second-order valence-electron chi connectivity index (χ2n) is 7.36. The van der Waals surface area contributed by atoms with Crippen molar-refractivity contribution in [3.63, 3.8) is 0 Å². The maximum absolute atomic E-state index is 12.8. The van der Waals surface area contributed by atoms with E-state index in [0.717, 1.165) is 19.4 Å². The summed E-state index contributed by atoms with van der Waals surface area (Å²) in [5.74, 6) is -0.127. The molecule has 3 aromatic carbocycles. The number of thiocarbonyl (C=S) groups is 1. The van der Waals surface area contributed by atoms with Crippen molar-refractivity contribution in [2.45, 2.75) is 18.7 Å². The van der Waals surface area contributed by atoms with E-state index in [1.165, 1.54) is 35.2 Å². The number of phenols is 1. The molecule has 4 N–H and O–H groups in total. The highest BCUT2D eigenvalue weighted by atomic mass is 32.2. The molecule has 3 amide bonds. The van der Waals surface area contributed by atoms with Crippen molar-refractivity contribution < 1.29 is 14.7 Å². The normalized spacial score (nSPS) is 10.6. The summed E-state index contributed by atoms with van der Waals surface area (Å²) in [4.78, 5) is 30.5. The number of anilines is 3. The summed E-state index contributed by atoms with van der Waals surface area (Å²) >= 11 is 7.95. The van der Waals surface area contributed by atoms with Gasteiger partial charge in [0.05, 0.1) is 10.2 Å². The fraction of sp³-hybridized carbons (Fsp3) is 0.0833. The minimum atomic E-state index is -0.456. The van der Waals surface area contributed by atoms with Gasteiger partial charge in [-0.25, -0.2) is 9.78 Å². The number of carbonyl (C=O) groups excluding carboxylic acids is 2. The van der Waals surface area contributed by atoms with Gasteiger partial charge in [0.25, 0.3) is 5.91 Å². The summed E-state index contributed by atoms with van der Waals surface area (Å²) in [6.07, 6.45) is 0. The predicted octanol–water partition coefficient (Wildman–Crippen LogP) is 6.65. The molecular weight excluding hydrogens is 488 g/mol. The Balaban J connectivity index is 1.45. The lowest BCUT2D eigenvalue weighted by Gasteiger charge is -2.09. The molecule has 0 saturated heterocycles. The predicted molar refractivity (Wildman–Crippen MR) is 144 cm³/mol. The minimum absolute atomic E-state index is 0.115. The van der Waals surface area contributed by atoms with Crippen LogP contribution in [0.2, 0.25) is 0 Å². The minimum Gasteiger partial charge on any atom is -0.508 e. The zero-order valence-corrected chi connectivity index (χ0v) is 20.7. The molecule has 0 saturated carbocycles. The van der Waals surface area contributed by atoms with Crippen LogP contribution in [0, 0.1) is 6.92 Å². The monoisotopic (exact) mass is 508 g/mol. The Labute approximate surface area is 209 Å². The van der Waals surface area contributed by atoms with Crippen molar-refractivity contribution in [1.29, 1.82) is 0 Å². The Morgan fingerprint density at radius 1 is 0.971 bits per heavy atom. The maximum Gasteiger partial charge on any atom is 0.325 e. The summed E-state index contributed by atoms with van der Waals surface area (Å²) in [7, 11) is 0. The number of carbonyl (C=O) groups is 2. The number of aromatic hydroxyl groups is 1. The molecule has 0 radical (unpaired) electrons. The van der Waals surface area contributed by atoms with Crippen LogP contribution in [0.3, 0.4) is 0 Å². The first kappa shape index (κ1) is 23.7. The van der Waals surface area contributed by atoms with E-state index in [9.17, 15) is 14.7 Å². The molecule has 1 heterocycles. The van der Waals surface area contributed by atoms with Gasteiger partial charge in [0.1, 0.15) is 5.75 Å². The summed E-state index contributed by atoms with van der Waals surface area (Å²) in [6, 6.07) is 16.6. The molecule has 172 valence electrons. The number of rotatable bonds is 5. The number of thioether (sulfide) groups is 1. The average molecular weight is 509 g/mol. The van der Waals surface area contributed by atoms with E-state index in [0.29, 0.717) is 27.6 Å². The van der Waals surface area contributed by atoms with E-state index in [1.807, 2.05) is 32.0 Å². The number of thiazole rings is 1. The SMILES string of the molecule is CC(=S)Sc1cc(NC(=O)c2ccc3nc(NC(=O)Nc4ccc(O)cc4)sc3c2)ccc1C. The van der Waals surface area contributed by atoms with Crippen molar-refractivity contribution in [3.8, 4) is 5.75 Å². The van der Waals surface area contributed by atoms with Crippen LogP contribution in [0.5, 0.6) is 5.75 Å². The number of benzene rings is 3. The Morgan fingerprint density at radius 3 is 2.44 bits per heavy atom. The Hall–Kier alpha value is -3.47. The molecule has 0 aliphatic heterocycles. The molecule has 0 aliphatic carbocycles. The van der Waals surface area contributed by atoms with Gasteiger partial charge in [0.2, 0.25) is 0 Å². The third-order valence-electron chi connectivity index (χ3n) is 4.70. The molecular formula is C24H20N4O3S3. The largest absolute Gasteiger partial charge is 0.508 e. The van der Waals surface area contributed by atoms with Crippen LogP contribution in [0.25, 0.3) is 10.2 Å². The van der Waals surface area contributed by atoms with Crippen LogP contribution in [0.1, 0.15) is 22.8 Å². The topological polar surface area (TPSA) is 103 Å². The first-order valence-electron chi connectivity index (χ1n) is 10.1. The molecule has 0 unspecified atom stereocenters. The highest BCUT2D eigenvalue weighted by Crippen LogP contribution is 2.29. The fourth-order valence-corrected chi connectivity index (χ4v) is 4.96. The van der Waals surface area contributed by atoms with Crippen LogP contribution >= 0.6 is 35.3 Å². The Kier molecular flexibility index (Phi) is 7.11. The summed E-state index contributed by atoms with van der Waals surface area (Å²) in [6.45, 7) is 3.87. The van der Waals surface area contributed by atoms with Crippen LogP contribution in [0.15, 0.2) is 65.6 Å². The van der Waals surface area contributed by atoms with Crippen LogP contribution in [0.4, 0.5) is 21.3 Å². The van der Waals surface area contributed by atoms with Gasteiger partial charge in [-0.15, -0.1) is 0 Å². The molecule has 0 atom stereocenters. The molecule has 0 bridgehead atoms. The second kappa shape index (κ2) is 10.2. The van der Waals surface area contributed by atoms with Gasteiger partial charge >= 0.3 is 6.03 Å². The Bertz CT molecular complexity index is 1400. The molecule has 10 heteroatoms. The van der Waals surface area contributed by atoms with Gasteiger partial charge in [0.15, 0.2) is 5.13 Å². The molecule has 1 aromatic heterocycles. The summed E-state index contributed by atoms with van der Waals surface area (Å²) in [5, 5.41) is 18.0. The van der Waals surface area contributed by atoms with Crippen molar-refractivity contribution in [2.24, 2.45) is 0 Å². The number of nitrogens with one attached hydrogen (secondary N) is 3. The van der Waals surface area contributed by atoms with Crippen molar-refractivity contribution in [1.82, 2.24) is 4.98 Å². The molecule has 0 fully saturated rings. The van der Waals surface area contributed by atoms with Gasteiger partial charge in [-0.05, 0) is 74.0 Å². The lowest BCUT2D eigenvalue weighted by molar-refractivity contribution is 0.102. The highest BCUT2D eigenvalue weighted by Gasteiger charge is 2.13. The first-order chi connectivity index (χ1) is 16.3. The standard InChI is InChI=1S/C24H20N4O3S3/c1-13-3-5-17(12-20(13)33-14(2)32)25-22(30)15-4-10-19-21(11-15)34-24(27-19)28-23(31)26-16-6-8-18(29)9-7-16/h3-12,29H,1-2H3,(H,25,30)(H2,26,27,28,31). The summed E-state index contributed by atoms with van der Waals surface area (Å²) in [5.41, 5.74) is 3.47. The van der Waals surface area contributed by atoms with Gasteiger partial charge in [-0.2, -0.15) is 0 Å². The number of fused-ring (bicyclic) bond motifs is 1. The van der Waals surface area contributed by atoms with Crippen LogP contribution in [-0.2, 0) is 0 Å². The maximum atomic E-state index is 12.8. The lowest BCUT2D eigenvalue weighted by Crippen LogP contribution is -2.19. The molecule has 4 rings (SSSR count). The molecule has 7 nitrogen and oxygen atoms in total. The zero-order valence-electron chi connectivity index (χ0n) is 18.2. The second-order valence-corrected chi connectivity index (χ2v) is 10.5.